The molecule has 0 heterocycles. The average Bonchev–Trinajstić information content (AvgIpc) is 2.23. The van der Waals surface area contributed by atoms with Gasteiger partial charge in [-0.15, -0.1) is 0 Å². The number of hydrogen-bond acceptors (Lipinski definition) is 3. The van der Waals surface area contributed by atoms with Crippen LogP contribution in [0.15, 0.2) is 47.4 Å². The third-order valence-electron chi connectivity index (χ3n) is 2.02. The Balaban J connectivity index is 2.07. The van der Waals surface area contributed by atoms with Gasteiger partial charge in [-0.25, -0.2) is 4.79 Å². The molecule has 0 amide bonds. The fourth-order valence-corrected chi connectivity index (χ4v) is 1.21. The van der Waals surface area contributed by atoms with Crippen LogP contribution in [0.5, 0.6) is 0 Å². The van der Waals surface area contributed by atoms with E-state index in [0.29, 0.717) is 29.6 Å². The van der Waals surface area contributed by atoms with Crippen molar-refractivity contribution in [3.8, 4) is 0 Å². The lowest BCUT2D eigenvalue weighted by molar-refractivity contribution is -0.105. The van der Waals surface area contributed by atoms with Crippen LogP contribution in [0.2, 0.25) is 0 Å². The van der Waals surface area contributed by atoms with E-state index in [0.717, 1.165) is 0 Å². The molecule has 3 heteroatoms. The molecule has 0 atom stereocenters. The van der Waals surface area contributed by atoms with Crippen molar-refractivity contribution in [1.82, 2.24) is 0 Å². The molecule has 0 saturated heterocycles. The van der Waals surface area contributed by atoms with Gasteiger partial charge < -0.3 is 4.74 Å². The van der Waals surface area contributed by atoms with Gasteiger partial charge in [0.25, 0.3) is 0 Å². The molecule has 0 unspecified atom stereocenters. The van der Waals surface area contributed by atoms with E-state index in [9.17, 15) is 9.59 Å². The minimum absolute atomic E-state index is 0.391. The highest BCUT2D eigenvalue weighted by molar-refractivity contribution is 5.90. The Morgan fingerprint density at radius 2 is 2.00 bits per heavy atom. The van der Waals surface area contributed by atoms with Crippen molar-refractivity contribution < 1.29 is 14.3 Å². The minimum Gasteiger partial charge on any atom is -0.418 e. The zero-order valence-electron chi connectivity index (χ0n) is 7.90. The molecule has 0 aromatic heterocycles. The Bertz CT molecular complexity index is 465. The van der Waals surface area contributed by atoms with Crippen LogP contribution in [0.25, 0.3) is 0 Å². The van der Waals surface area contributed by atoms with Crippen LogP contribution in [0, 0.1) is 0 Å². The first-order valence-electron chi connectivity index (χ1n) is 4.50. The highest BCUT2D eigenvalue weighted by Crippen LogP contribution is 2.19. The largest absolute Gasteiger partial charge is 0.418 e. The Kier molecular flexibility index (Phi) is 2.48. The second-order valence-electron chi connectivity index (χ2n) is 3.12. The number of rotatable bonds is 3. The number of esters is 1. The lowest BCUT2D eigenvalue weighted by Gasteiger charge is -2.10. The molecule has 1 aromatic rings. The maximum Gasteiger partial charge on any atom is 0.343 e. The minimum atomic E-state index is -0.414. The molecule has 0 bridgehead atoms. The molecule has 0 saturated carbocycles. The van der Waals surface area contributed by atoms with E-state index >= 15 is 0 Å². The molecular formula is C12H8O3. The first-order valence-corrected chi connectivity index (χ1v) is 4.50. The van der Waals surface area contributed by atoms with Crippen LogP contribution in [-0.2, 0) is 9.53 Å². The smallest absolute Gasteiger partial charge is 0.343 e. The van der Waals surface area contributed by atoms with Gasteiger partial charge >= 0.3 is 5.97 Å². The predicted molar refractivity (Wildman–Crippen MR) is 53.1 cm³/mol. The number of carbonyl (C=O) groups excluding carboxylic acids is 2. The zero-order valence-corrected chi connectivity index (χ0v) is 7.90. The van der Waals surface area contributed by atoms with Crippen LogP contribution in [0.3, 0.4) is 0 Å². The molecule has 0 aliphatic heterocycles. The number of hydrogen-bond donors (Lipinski definition) is 0. The third-order valence-corrected chi connectivity index (χ3v) is 2.02. The Morgan fingerprint density at radius 3 is 2.60 bits per heavy atom. The third kappa shape index (κ3) is 2.03. The quantitative estimate of drug-likeness (QED) is 0.425. The molecule has 1 aromatic carbocycles. The molecule has 3 nitrogen and oxygen atoms in total. The summed E-state index contributed by atoms with van der Waals surface area (Å²) in [4.78, 5) is 21.7. The number of benzene rings is 1. The molecule has 2 rings (SSSR count). The van der Waals surface area contributed by atoms with E-state index < -0.39 is 5.97 Å². The van der Waals surface area contributed by atoms with Crippen LogP contribution < -0.4 is 0 Å². The van der Waals surface area contributed by atoms with Crippen molar-refractivity contribution in [1.29, 1.82) is 0 Å². The molecular weight excluding hydrogens is 192 g/mol. The molecule has 1 aliphatic rings. The molecule has 1 aliphatic carbocycles. The van der Waals surface area contributed by atoms with Gasteiger partial charge in [0.15, 0.2) is 12.0 Å². The van der Waals surface area contributed by atoms with E-state index in [1.165, 1.54) is 0 Å². The summed E-state index contributed by atoms with van der Waals surface area (Å²) < 4.78 is 4.99. The summed E-state index contributed by atoms with van der Waals surface area (Å²) >= 11 is 0. The van der Waals surface area contributed by atoms with E-state index in [-0.39, 0.29) is 0 Å². The van der Waals surface area contributed by atoms with Gasteiger partial charge in [-0.3, -0.25) is 4.79 Å². The van der Waals surface area contributed by atoms with Crippen LogP contribution in [-0.4, -0.2) is 12.3 Å². The van der Waals surface area contributed by atoms with Gasteiger partial charge in [0.1, 0.15) is 0 Å². The summed E-state index contributed by atoms with van der Waals surface area (Å²) in [5.74, 6) is 0.00834. The van der Waals surface area contributed by atoms with Crippen molar-refractivity contribution >= 4 is 12.3 Å². The fourth-order valence-electron chi connectivity index (χ4n) is 1.21. The fraction of sp³-hybridized carbons (Fsp3) is 0.0833. The average molecular weight is 200 g/mol. The molecule has 0 radical (unpaired) electrons. The molecule has 74 valence electrons. The van der Waals surface area contributed by atoms with Gasteiger partial charge in [-0.05, 0) is 12.1 Å². The normalized spacial score (nSPS) is 13.3. The van der Waals surface area contributed by atoms with Crippen molar-refractivity contribution in [2.24, 2.45) is 0 Å². The topological polar surface area (TPSA) is 43.4 Å². The predicted octanol–water partition coefficient (Wildman–Crippen LogP) is 1.86. The van der Waals surface area contributed by atoms with Gasteiger partial charge in [-0.2, -0.15) is 0 Å². The van der Waals surface area contributed by atoms with Gasteiger partial charge in [0.2, 0.25) is 0 Å². The second-order valence-corrected chi connectivity index (χ2v) is 3.12. The first-order chi connectivity index (χ1) is 7.29. The van der Waals surface area contributed by atoms with Crippen molar-refractivity contribution in [3.05, 3.63) is 53.0 Å². The van der Waals surface area contributed by atoms with Crippen molar-refractivity contribution in [3.63, 3.8) is 0 Å². The van der Waals surface area contributed by atoms with E-state index in [1.54, 1.807) is 24.3 Å². The first kappa shape index (κ1) is 9.44. The highest BCUT2D eigenvalue weighted by Gasteiger charge is 2.16. The van der Waals surface area contributed by atoms with Crippen LogP contribution in [0.4, 0.5) is 0 Å². The number of aldehydes is 1. The summed E-state index contributed by atoms with van der Waals surface area (Å²) in [7, 11) is 0. The zero-order chi connectivity index (χ0) is 10.7. The summed E-state index contributed by atoms with van der Waals surface area (Å²) in [6, 6.07) is 8.69. The lowest BCUT2D eigenvalue weighted by atomic mass is 10.1. The highest BCUT2D eigenvalue weighted by atomic mass is 16.5. The Morgan fingerprint density at radius 1 is 1.33 bits per heavy atom. The second kappa shape index (κ2) is 3.95. The molecule has 0 N–H and O–H groups in total. The van der Waals surface area contributed by atoms with Crippen LogP contribution in [0.1, 0.15) is 16.8 Å². The van der Waals surface area contributed by atoms with Gasteiger partial charge in [-0.1, -0.05) is 23.9 Å². The van der Waals surface area contributed by atoms with Gasteiger partial charge in [0.05, 0.1) is 5.56 Å². The summed E-state index contributed by atoms with van der Waals surface area (Å²) in [6.45, 7) is 0. The van der Waals surface area contributed by atoms with Crippen LogP contribution >= 0.6 is 0 Å². The number of ether oxygens (including phenoxy) is 1. The maximum atomic E-state index is 11.5. The maximum absolute atomic E-state index is 11.5. The summed E-state index contributed by atoms with van der Waals surface area (Å²) in [5.41, 5.74) is 3.68. The summed E-state index contributed by atoms with van der Waals surface area (Å²) in [5, 5.41) is 0. The Labute approximate surface area is 86.7 Å². The van der Waals surface area contributed by atoms with Gasteiger partial charge in [0, 0.05) is 12.0 Å². The Hall–Kier alpha value is -2.12. The molecule has 15 heavy (non-hydrogen) atoms. The van der Waals surface area contributed by atoms with E-state index in [4.69, 9.17) is 4.74 Å². The van der Waals surface area contributed by atoms with Crippen molar-refractivity contribution in [2.45, 2.75) is 6.42 Å². The number of carbonyl (C=O) groups is 2. The summed E-state index contributed by atoms with van der Waals surface area (Å²) in [6.07, 6.45) is 1.10. The van der Waals surface area contributed by atoms with E-state index in [2.05, 4.69) is 5.73 Å². The molecule has 0 fully saturated rings. The monoisotopic (exact) mass is 200 g/mol. The van der Waals surface area contributed by atoms with E-state index in [1.807, 2.05) is 6.07 Å². The SMILES string of the molecule is O=CC1=C=C(OC(=O)c2ccccc2)C1. The standard InChI is InChI=1S/C12H8O3/c13-8-9-6-11(7-9)15-12(14)10-4-2-1-3-5-10/h1-5,8H,6H2. The molecule has 0 spiro atoms. The van der Waals surface area contributed by atoms with Crippen molar-refractivity contribution in [2.75, 3.05) is 0 Å². The lowest BCUT2D eigenvalue weighted by Crippen LogP contribution is -2.09.